The fourth-order valence-electron chi connectivity index (χ4n) is 1.09. The second-order valence-corrected chi connectivity index (χ2v) is 4.20. The van der Waals surface area contributed by atoms with Crippen LogP contribution in [0.5, 0.6) is 5.88 Å². The molecule has 0 radical (unpaired) electrons. The minimum absolute atomic E-state index is 0.439. The fraction of sp³-hybridized carbons (Fsp3) is 0.286. The first-order chi connectivity index (χ1) is 7.29. The smallest absolute Gasteiger partial charge is 0.268 e. The van der Waals surface area contributed by atoms with E-state index in [0.29, 0.717) is 6.20 Å². The molecule has 2 N–H and O–H groups in total. The molecule has 0 saturated heterocycles. The molecule has 0 aliphatic heterocycles. The molecule has 1 aromatic rings. The molecule has 1 heterocycles. The van der Waals surface area contributed by atoms with Crippen LogP contribution in [-0.2, 0) is 10.0 Å². The van der Waals surface area contributed by atoms with Crippen LogP contribution in [-0.4, -0.2) is 20.5 Å². The van der Waals surface area contributed by atoms with Crippen molar-refractivity contribution in [2.24, 2.45) is 5.14 Å². The number of hydrogen-bond acceptors (Lipinski definition) is 4. The molecule has 0 aromatic carbocycles. The maximum absolute atomic E-state index is 13.0. The van der Waals surface area contributed by atoms with Gasteiger partial charge in [-0.2, -0.15) is 0 Å². The third kappa shape index (κ3) is 2.25. The van der Waals surface area contributed by atoms with Crippen molar-refractivity contribution in [2.75, 3.05) is 7.11 Å². The number of primary sulfonamides is 1. The Morgan fingerprint density at radius 1 is 1.50 bits per heavy atom. The van der Waals surface area contributed by atoms with E-state index in [1.807, 2.05) is 0 Å². The number of halogens is 3. The number of rotatable bonds is 3. The average Bonchev–Trinajstić information content (AvgIpc) is 2.15. The lowest BCUT2D eigenvalue weighted by Crippen LogP contribution is -2.18. The second kappa shape index (κ2) is 4.26. The molecule has 1 aromatic heterocycles. The Labute approximate surface area is 89.1 Å². The molecule has 0 fully saturated rings. The molecule has 0 spiro atoms. The minimum Gasteiger partial charge on any atom is -0.480 e. The zero-order valence-corrected chi connectivity index (χ0v) is 8.76. The van der Waals surface area contributed by atoms with Gasteiger partial charge in [0, 0.05) is 0 Å². The topological polar surface area (TPSA) is 82.3 Å². The Hall–Kier alpha value is -1.35. The standard InChI is InChI=1S/C7H7F3N2O3S/c1-15-7-5(16(11,13)14)4(6(9)10)3(8)2-12-7/h2,6H,1H3,(H2,11,13,14). The fourth-order valence-corrected chi connectivity index (χ4v) is 1.96. The summed E-state index contributed by atoms with van der Waals surface area (Å²) < 4.78 is 64.6. The predicted octanol–water partition coefficient (Wildman–Crippen LogP) is 0.814. The van der Waals surface area contributed by atoms with Crippen molar-refractivity contribution < 1.29 is 26.3 Å². The highest BCUT2D eigenvalue weighted by atomic mass is 32.2. The van der Waals surface area contributed by atoms with E-state index in [1.165, 1.54) is 0 Å². The van der Waals surface area contributed by atoms with E-state index >= 15 is 0 Å². The van der Waals surface area contributed by atoms with Crippen molar-refractivity contribution in [2.45, 2.75) is 11.3 Å². The van der Waals surface area contributed by atoms with Crippen molar-refractivity contribution >= 4 is 10.0 Å². The van der Waals surface area contributed by atoms with Gasteiger partial charge in [-0.3, -0.25) is 0 Å². The number of hydrogen-bond donors (Lipinski definition) is 1. The molecule has 5 nitrogen and oxygen atoms in total. The normalized spacial score (nSPS) is 11.9. The van der Waals surface area contributed by atoms with Crippen LogP contribution in [0.15, 0.2) is 11.1 Å². The van der Waals surface area contributed by atoms with Crippen LogP contribution < -0.4 is 9.88 Å². The van der Waals surface area contributed by atoms with Gasteiger partial charge in [0.05, 0.1) is 18.9 Å². The summed E-state index contributed by atoms with van der Waals surface area (Å²) in [4.78, 5) is 2.08. The molecule has 16 heavy (non-hydrogen) atoms. The van der Waals surface area contributed by atoms with Crippen molar-refractivity contribution in [3.8, 4) is 5.88 Å². The Balaban J connectivity index is 3.70. The molecule has 0 atom stereocenters. The summed E-state index contributed by atoms with van der Waals surface area (Å²) >= 11 is 0. The molecule has 9 heteroatoms. The van der Waals surface area contributed by atoms with Crippen molar-refractivity contribution in [1.82, 2.24) is 4.98 Å². The SMILES string of the molecule is COc1ncc(F)c(C(F)F)c1S(N)(=O)=O. The Morgan fingerprint density at radius 3 is 2.44 bits per heavy atom. The van der Waals surface area contributed by atoms with E-state index in [1.54, 1.807) is 0 Å². The summed E-state index contributed by atoms with van der Waals surface area (Å²) in [6, 6.07) is 0. The molecular formula is C7H7F3N2O3S. The zero-order valence-electron chi connectivity index (χ0n) is 7.95. The number of nitrogens with zero attached hydrogens (tertiary/aromatic N) is 1. The first-order valence-electron chi connectivity index (χ1n) is 3.82. The highest BCUT2D eigenvalue weighted by Crippen LogP contribution is 2.33. The lowest BCUT2D eigenvalue weighted by Gasteiger charge is -2.10. The maximum atomic E-state index is 13.0. The molecule has 1 rings (SSSR count). The van der Waals surface area contributed by atoms with Gasteiger partial charge in [0.15, 0.2) is 10.7 Å². The van der Waals surface area contributed by atoms with Crippen molar-refractivity contribution in [3.05, 3.63) is 17.6 Å². The first kappa shape index (κ1) is 12.7. The third-order valence-electron chi connectivity index (χ3n) is 1.69. The van der Waals surface area contributed by atoms with Gasteiger partial charge in [0.1, 0.15) is 0 Å². The van der Waals surface area contributed by atoms with E-state index in [2.05, 4.69) is 9.72 Å². The van der Waals surface area contributed by atoms with E-state index < -0.39 is 38.6 Å². The molecule has 0 aliphatic carbocycles. The predicted molar refractivity (Wildman–Crippen MR) is 47.1 cm³/mol. The van der Waals surface area contributed by atoms with Crippen LogP contribution >= 0.6 is 0 Å². The van der Waals surface area contributed by atoms with Gasteiger partial charge in [-0.1, -0.05) is 0 Å². The van der Waals surface area contributed by atoms with Crippen LogP contribution in [0.2, 0.25) is 0 Å². The summed E-state index contributed by atoms with van der Waals surface area (Å²) in [5.41, 5.74) is -1.34. The number of methoxy groups -OCH3 is 1. The quantitative estimate of drug-likeness (QED) is 0.867. The molecular weight excluding hydrogens is 249 g/mol. The van der Waals surface area contributed by atoms with Crippen LogP contribution in [0.4, 0.5) is 13.2 Å². The molecule has 0 bridgehead atoms. The zero-order chi connectivity index (χ0) is 12.5. The number of pyridine rings is 1. The van der Waals surface area contributed by atoms with Gasteiger partial charge < -0.3 is 4.74 Å². The number of aromatic nitrogens is 1. The Kier molecular flexibility index (Phi) is 3.38. The van der Waals surface area contributed by atoms with Crippen LogP contribution in [0.3, 0.4) is 0 Å². The average molecular weight is 256 g/mol. The van der Waals surface area contributed by atoms with Crippen LogP contribution in [0, 0.1) is 5.82 Å². The van der Waals surface area contributed by atoms with Crippen molar-refractivity contribution in [1.29, 1.82) is 0 Å². The monoisotopic (exact) mass is 256 g/mol. The number of sulfonamides is 1. The van der Waals surface area contributed by atoms with Gasteiger partial charge in [0.25, 0.3) is 6.43 Å². The molecule has 90 valence electrons. The second-order valence-electron chi connectivity index (χ2n) is 2.70. The highest BCUT2D eigenvalue weighted by Gasteiger charge is 2.29. The summed E-state index contributed by atoms with van der Waals surface area (Å²) in [7, 11) is -3.55. The van der Waals surface area contributed by atoms with E-state index in [9.17, 15) is 21.6 Å². The first-order valence-corrected chi connectivity index (χ1v) is 5.37. The van der Waals surface area contributed by atoms with Gasteiger partial charge in [-0.05, 0) is 0 Å². The summed E-state index contributed by atoms with van der Waals surface area (Å²) in [6.45, 7) is 0. The van der Waals surface area contributed by atoms with E-state index in [4.69, 9.17) is 5.14 Å². The summed E-state index contributed by atoms with van der Waals surface area (Å²) in [5.74, 6) is -2.13. The van der Waals surface area contributed by atoms with Gasteiger partial charge in [0.2, 0.25) is 15.9 Å². The minimum atomic E-state index is -4.55. The lowest BCUT2D eigenvalue weighted by molar-refractivity contribution is 0.141. The largest absolute Gasteiger partial charge is 0.480 e. The van der Waals surface area contributed by atoms with Crippen LogP contribution in [0.1, 0.15) is 12.0 Å². The molecule has 0 saturated carbocycles. The highest BCUT2D eigenvalue weighted by molar-refractivity contribution is 7.89. The van der Waals surface area contributed by atoms with E-state index in [-0.39, 0.29) is 0 Å². The van der Waals surface area contributed by atoms with Gasteiger partial charge in [-0.25, -0.2) is 31.7 Å². The third-order valence-corrected chi connectivity index (χ3v) is 2.65. The summed E-state index contributed by atoms with van der Waals surface area (Å²) in [6.07, 6.45) is -2.90. The van der Waals surface area contributed by atoms with Gasteiger partial charge in [-0.15, -0.1) is 0 Å². The number of alkyl halides is 2. The molecule has 0 aliphatic rings. The van der Waals surface area contributed by atoms with Crippen molar-refractivity contribution in [3.63, 3.8) is 0 Å². The maximum Gasteiger partial charge on any atom is 0.268 e. The lowest BCUT2D eigenvalue weighted by atomic mass is 10.2. The number of ether oxygens (including phenoxy) is 1. The Bertz CT molecular complexity index is 504. The van der Waals surface area contributed by atoms with Crippen LogP contribution in [0.25, 0.3) is 0 Å². The number of nitrogens with two attached hydrogens (primary N) is 1. The molecule has 0 unspecified atom stereocenters. The van der Waals surface area contributed by atoms with Gasteiger partial charge >= 0.3 is 0 Å². The molecule has 0 amide bonds. The Morgan fingerprint density at radius 2 is 2.06 bits per heavy atom. The summed E-state index contributed by atoms with van der Waals surface area (Å²) in [5, 5.41) is 4.69. The van der Waals surface area contributed by atoms with E-state index in [0.717, 1.165) is 7.11 Å².